The maximum absolute atomic E-state index is 12.4. The molecule has 2 N–H and O–H groups in total. The summed E-state index contributed by atoms with van der Waals surface area (Å²) >= 11 is 5.77. The highest BCUT2D eigenvalue weighted by atomic mass is 35.5. The smallest absolute Gasteiger partial charge is 0.278 e. The van der Waals surface area contributed by atoms with Gasteiger partial charge in [-0.25, -0.2) is 13.8 Å². The van der Waals surface area contributed by atoms with Crippen molar-refractivity contribution >= 4 is 45.1 Å². The summed E-state index contributed by atoms with van der Waals surface area (Å²) in [4.78, 5) is 22.7. The lowest BCUT2D eigenvalue weighted by Crippen LogP contribution is -2.18. The maximum Gasteiger partial charge on any atom is 0.278 e. The molecule has 0 saturated heterocycles. The van der Waals surface area contributed by atoms with Crippen molar-refractivity contribution in [2.24, 2.45) is 5.10 Å². The Labute approximate surface area is 182 Å². The summed E-state index contributed by atoms with van der Waals surface area (Å²) in [7, 11) is -3.81. The molecule has 0 aliphatic rings. The van der Waals surface area contributed by atoms with Gasteiger partial charge in [0, 0.05) is 22.3 Å². The summed E-state index contributed by atoms with van der Waals surface area (Å²) in [5.41, 5.74) is 2.84. The van der Waals surface area contributed by atoms with Gasteiger partial charge in [0.15, 0.2) is 0 Å². The molecular weight excluding hydrogens is 444 g/mol. The molecule has 0 bridgehead atoms. The number of sulfonamides is 1. The van der Waals surface area contributed by atoms with Crippen molar-refractivity contribution in [3.63, 3.8) is 0 Å². The van der Waals surface area contributed by atoms with Crippen molar-refractivity contribution in [1.82, 2.24) is 5.43 Å². The van der Waals surface area contributed by atoms with Crippen LogP contribution in [-0.4, -0.2) is 25.5 Å². The standard InChI is InChI=1S/C20H15ClN4O5S/c21-16-7-11-18(12-8-16)31(29,30)24-17-9-5-14(6-10-17)20(26)23-22-13-15-3-1-2-4-19(15)25(27)28/h1-13,24H,(H,23,26)/b22-13-. The number of hydrogen-bond acceptors (Lipinski definition) is 6. The summed E-state index contributed by atoms with van der Waals surface area (Å²) in [6, 6.07) is 17.3. The normalized spacial score (nSPS) is 11.3. The predicted molar refractivity (Wildman–Crippen MR) is 117 cm³/mol. The van der Waals surface area contributed by atoms with Crippen LogP contribution < -0.4 is 10.1 Å². The zero-order valence-corrected chi connectivity index (χ0v) is 17.3. The van der Waals surface area contributed by atoms with Crippen LogP contribution in [0.3, 0.4) is 0 Å². The fraction of sp³-hybridized carbons (Fsp3) is 0. The number of amides is 1. The number of benzene rings is 3. The number of carbonyl (C=O) groups excluding carboxylic acids is 1. The molecule has 1 amide bonds. The summed E-state index contributed by atoms with van der Waals surface area (Å²) < 4.78 is 27.2. The molecule has 0 aromatic heterocycles. The Morgan fingerprint density at radius 3 is 2.29 bits per heavy atom. The van der Waals surface area contributed by atoms with E-state index in [0.717, 1.165) is 0 Å². The second-order valence-electron chi connectivity index (χ2n) is 6.15. The van der Waals surface area contributed by atoms with Crippen LogP contribution in [0, 0.1) is 10.1 Å². The summed E-state index contributed by atoms with van der Waals surface area (Å²) in [5, 5.41) is 15.1. The first-order valence-corrected chi connectivity index (χ1v) is 10.6. The highest BCUT2D eigenvalue weighted by Gasteiger charge is 2.14. The van der Waals surface area contributed by atoms with E-state index >= 15 is 0 Å². The van der Waals surface area contributed by atoms with Gasteiger partial charge >= 0.3 is 0 Å². The quantitative estimate of drug-likeness (QED) is 0.315. The number of rotatable bonds is 7. The number of nitro benzene ring substituents is 1. The zero-order valence-electron chi connectivity index (χ0n) is 15.7. The van der Waals surface area contributed by atoms with E-state index in [1.165, 1.54) is 72.9 Å². The second-order valence-corrected chi connectivity index (χ2v) is 8.27. The van der Waals surface area contributed by atoms with Gasteiger partial charge in [-0.2, -0.15) is 5.10 Å². The molecule has 0 radical (unpaired) electrons. The van der Waals surface area contributed by atoms with Crippen LogP contribution >= 0.6 is 11.6 Å². The first kappa shape index (κ1) is 21.9. The Balaban J connectivity index is 1.65. The van der Waals surface area contributed by atoms with Crippen LogP contribution in [0.2, 0.25) is 5.02 Å². The van der Waals surface area contributed by atoms with E-state index in [1.807, 2.05) is 0 Å². The highest BCUT2D eigenvalue weighted by molar-refractivity contribution is 7.92. The summed E-state index contributed by atoms with van der Waals surface area (Å²) in [5.74, 6) is -0.568. The molecule has 0 aliphatic heterocycles. The third-order valence-corrected chi connectivity index (χ3v) is 5.68. The molecule has 11 heteroatoms. The lowest BCUT2D eigenvalue weighted by Gasteiger charge is -2.08. The number of nitrogens with one attached hydrogen (secondary N) is 2. The van der Waals surface area contributed by atoms with Gasteiger partial charge in [-0.15, -0.1) is 0 Å². The lowest BCUT2D eigenvalue weighted by atomic mass is 10.2. The highest BCUT2D eigenvalue weighted by Crippen LogP contribution is 2.19. The Hall–Kier alpha value is -3.76. The fourth-order valence-electron chi connectivity index (χ4n) is 2.51. The van der Waals surface area contributed by atoms with Crippen LogP contribution in [0.4, 0.5) is 11.4 Å². The van der Waals surface area contributed by atoms with Crippen LogP contribution in [0.5, 0.6) is 0 Å². The molecule has 3 aromatic carbocycles. The Morgan fingerprint density at radius 2 is 1.65 bits per heavy atom. The number of nitrogens with zero attached hydrogens (tertiary/aromatic N) is 2. The third kappa shape index (κ3) is 5.65. The Morgan fingerprint density at radius 1 is 1.00 bits per heavy atom. The first-order chi connectivity index (χ1) is 14.8. The molecule has 0 saturated carbocycles. The number of nitro groups is 1. The van der Waals surface area contributed by atoms with E-state index in [0.29, 0.717) is 5.02 Å². The Bertz CT molecular complexity index is 1240. The van der Waals surface area contributed by atoms with Gasteiger partial charge in [0.2, 0.25) is 0 Å². The fourth-order valence-corrected chi connectivity index (χ4v) is 3.69. The molecular formula is C20H15ClN4O5S. The number of para-hydroxylation sites is 1. The van der Waals surface area contributed by atoms with Gasteiger partial charge in [0.1, 0.15) is 0 Å². The van der Waals surface area contributed by atoms with Crippen LogP contribution in [-0.2, 0) is 10.0 Å². The monoisotopic (exact) mass is 458 g/mol. The van der Waals surface area contributed by atoms with Crippen molar-refractivity contribution in [2.45, 2.75) is 4.90 Å². The van der Waals surface area contributed by atoms with E-state index in [2.05, 4.69) is 15.2 Å². The van der Waals surface area contributed by atoms with Crippen molar-refractivity contribution in [3.05, 3.63) is 99.1 Å². The molecule has 0 fully saturated rings. The van der Waals surface area contributed by atoms with Crippen molar-refractivity contribution in [2.75, 3.05) is 4.72 Å². The molecule has 0 unspecified atom stereocenters. The number of hydrazone groups is 1. The third-order valence-electron chi connectivity index (χ3n) is 4.03. The van der Waals surface area contributed by atoms with Crippen LogP contribution in [0.25, 0.3) is 0 Å². The predicted octanol–water partition coefficient (Wildman–Crippen LogP) is 3.81. The maximum atomic E-state index is 12.4. The van der Waals surface area contributed by atoms with Gasteiger partial charge in [0.25, 0.3) is 21.6 Å². The molecule has 0 spiro atoms. The first-order valence-electron chi connectivity index (χ1n) is 8.71. The van der Waals surface area contributed by atoms with E-state index < -0.39 is 20.9 Å². The molecule has 3 rings (SSSR count). The van der Waals surface area contributed by atoms with Gasteiger partial charge < -0.3 is 0 Å². The largest absolute Gasteiger partial charge is 0.280 e. The SMILES string of the molecule is O=C(N/N=C\c1ccccc1[N+](=O)[O-])c1ccc(NS(=O)(=O)c2ccc(Cl)cc2)cc1. The minimum absolute atomic E-state index is 0.0445. The van der Waals surface area contributed by atoms with Crippen LogP contribution in [0.15, 0.2) is 82.8 Å². The zero-order chi connectivity index (χ0) is 22.4. The minimum Gasteiger partial charge on any atom is -0.280 e. The van der Waals surface area contributed by atoms with Gasteiger partial charge in [-0.1, -0.05) is 23.7 Å². The summed E-state index contributed by atoms with van der Waals surface area (Å²) in [6.07, 6.45) is 1.17. The molecule has 0 heterocycles. The summed E-state index contributed by atoms with van der Waals surface area (Å²) in [6.45, 7) is 0. The van der Waals surface area contributed by atoms with E-state index in [9.17, 15) is 23.3 Å². The van der Waals surface area contributed by atoms with Gasteiger partial charge in [-0.05, 0) is 54.6 Å². The molecule has 9 nitrogen and oxygen atoms in total. The van der Waals surface area contributed by atoms with Crippen molar-refractivity contribution in [1.29, 1.82) is 0 Å². The second kappa shape index (κ2) is 9.37. The molecule has 158 valence electrons. The molecule has 0 aliphatic carbocycles. The number of anilines is 1. The molecule has 0 atom stereocenters. The number of halogens is 1. The topological polar surface area (TPSA) is 131 Å². The van der Waals surface area contributed by atoms with Crippen molar-refractivity contribution in [3.8, 4) is 0 Å². The van der Waals surface area contributed by atoms with Gasteiger partial charge in [-0.3, -0.25) is 19.6 Å². The Kier molecular flexibility index (Phi) is 6.63. The molecule has 31 heavy (non-hydrogen) atoms. The van der Waals surface area contributed by atoms with E-state index in [1.54, 1.807) is 6.07 Å². The average Bonchev–Trinajstić information content (AvgIpc) is 2.74. The van der Waals surface area contributed by atoms with Crippen molar-refractivity contribution < 1.29 is 18.1 Å². The van der Waals surface area contributed by atoms with E-state index in [-0.39, 0.29) is 27.4 Å². The van der Waals surface area contributed by atoms with E-state index in [4.69, 9.17) is 11.6 Å². The minimum atomic E-state index is -3.81. The lowest BCUT2D eigenvalue weighted by molar-refractivity contribution is -0.385. The molecule has 3 aromatic rings. The average molecular weight is 459 g/mol. The van der Waals surface area contributed by atoms with Gasteiger partial charge in [0.05, 0.1) is 21.6 Å². The number of carbonyl (C=O) groups is 1. The number of hydrogen-bond donors (Lipinski definition) is 2. The van der Waals surface area contributed by atoms with Crippen LogP contribution in [0.1, 0.15) is 15.9 Å².